The van der Waals surface area contributed by atoms with Gasteiger partial charge in [0.2, 0.25) is 0 Å². The third-order valence-corrected chi connectivity index (χ3v) is 2.19. The van der Waals surface area contributed by atoms with E-state index in [-0.39, 0.29) is 6.10 Å². The standard InChI is InChI=1S/C8H15NO2/c1-7(11-6-10)8-4-2-3-5-9-8/h6-9H,2-5H2,1H3. The molecule has 11 heavy (non-hydrogen) atoms. The van der Waals surface area contributed by atoms with Crippen LogP contribution in [0.25, 0.3) is 0 Å². The average molecular weight is 157 g/mol. The van der Waals surface area contributed by atoms with Gasteiger partial charge in [0.15, 0.2) is 0 Å². The molecule has 3 heteroatoms. The lowest BCUT2D eigenvalue weighted by molar-refractivity contribution is -0.134. The predicted octanol–water partition coefficient (Wildman–Crippen LogP) is 0.690. The first kappa shape index (κ1) is 8.53. The smallest absolute Gasteiger partial charge is 0.293 e. The molecule has 3 nitrogen and oxygen atoms in total. The van der Waals surface area contributed by atoms with Gasteiger partial charge in [0.05, 0.1) is 0 Å². The molecule has 1 rings (SSSR count). The first-order chi connectivity index (χ1) is 5.34. The normalized spacial score (nSPS) is 27.5. The summed E-state index contributed by atoms with van der Waals surface area (Å²) in [5.74, 6) is 0. The van der Waals surface area contributed by atoms with Crippen LogP contribution in [-0.4, -0.2) is 25.2 Å². The minimum Gasteiger partial charge on any atom is -0.463 e. The zero-order valence-electron chi connectivity index (χ0n) is 6.88. The Morgan fingerprint density at radius 1 is 1.64 bits per heavy atom. The SMILES string of the molecule is CC(OC=O)C1CCCCN1. The lowest BCUT2D eigenvalue weighted by atomic mass is 10.0. The second kappa shape index (κ2) is 4.34. The van der Waals surface area contributed by atoms with Gasteiger partial charge in [-0.3, -0.25) is 4.79 Å². The Morgan fingerprint density at radius 3 is 3.00 bits per heavy atom. The van der Waals surface area contributed by atoms with Gasteiger partial charge in [-0.2, -0.15) is 0 Å². The molecule has 2 atom stereocenters. The molecule has 2 unspecified atom stereocenters. The van der Waals surface area contributed by atoms with Gasteiger partial charge in [0.25, 0.3) is 6.47 Å². The van der Waals surface area contributed by atoms with Crippen LogP contribution in [0, 0.1) is 0 Å². The van der Waals surface area contributed by atoms with E-state index in [2.05, 4.69) is 5.32 Å². The third kappa shape index (κ3) is 2.50. The number of ether oxygens (including phenoxy) is 1. The summed E-state index contributed by atoms with van der Waals surface area (Å²) >= 11 is 0. The Labute approximate surface area is 67.1 Å². The first-order valence-electron chi connectivity index (χ1n) is 4.17. The van der Waals surface area contributed by atoms with Crippen LogP contribution in [0.5, 0.6) is 0 Å². The minimum atomic E-state index is 0.0211. The highest BCUT2D eigenvalue weighted by Crippen LogP contribution is 2.11. The molecular weight excluding hydrogens is 142 g/mol. The van der Waals surface area contributed by atoms with Crippen LogP contribution < -0.4 is 5.32 Å². The minimum absolute atomic E-state index is 0.0211. The summed E-state index contributed by atoms with van der Waals surface area (Å²) in [6.45, 7) is 3.51. The Kier molecular flexibility index (Phi) is 3.36. The van der Waals surface area contributed by atoms with Gasteiger partial charge in [-0.25, -0.2) is 0 Å². The Hall–Kier alpha value is -0.570. The van der Waals surface area contributed by atoms with Crippen molar-refractivity contribution in [1.82, 2.24) is 5.32 Å². The van der Waals surface area contributed by atoms with E-state index < -0.39 is 0 Å². The van der Waals surface area contributed by atoms with Gasteiger partial charge >= 0.3 is 0 Å². The first-order valence-corrected chi connectivity index (χ1v) is 4.17. The van der Waals surface area contributed by atoms with Gasteiger partial charge in [-0.1, -0.05) is 6.42 Å². The fourth-order valence-corrected chi connectivity index (χ4v) is 1.46. The highest BCUT2D eigenvalue weighted by Gasteiger charge is 2.19. The molecule has 0 amide bonds. The summed E-state index contributed by atoms with van der Waals surface area (Å²) in [5.41, 5.74) is 0. The van der Waals surface area contributed by atoms with E-state index in [1.54, 1.807) is 0 Å². The van der Waals surface area contributed by atoms with Crippen molar-refractivity contribution in [3.05, 3.63) is 0 Å². The van der Waals surface area contributed by atoms with Gasteiger partial charge < -0.3 is 10.1 Å². The van der Waals surface area contributed by atoms with Gasteiger partial charge in [0.1, 0.15) is 6.10 Å². The zero-order chi connectivity index (χ0) is 8.10. The number of piperidine rings is 1. The number of hydrogen-bond acceptors (Lipinski definition) is 3. The topological polar surface area (TPSA) is 38.3 Å². The van der Waals surface area contributed by atoms with Crippen LogP contribution in [0.4, 0.5) is 0 Å². The van der Waals surface area contributed by atoms with E-state index in [4.69, 9.17) is 4.74 Å². The van der Waals surface area contributed by atoms with Crippen LogP contribution in [0.2, 0.25) is 0 Å². The molecule has 0 aliphatic carbocycles. The van der Waals surface area contributed by atoms with Gasteiger partial charge in [-0.05, 0) is 26.3 Å². The summed E-state index contributed by atoms with van der Waals surface area (Å²) in [4.78, 5) is 10.0. The lowest BCUT2D eigenvalue weighted by Crippen LogP contribution is -2.42. The van der Waals surface area contributed by atoms with Gasteiger partial charge in [0, 0.05) is 6.04 Å². The summed E-state index contributed by atoms with van der Waals surface area (Å²) in [6, 6.07) is 0.369. The van der Waals surface area contributed by atoms with Crippen molar-refractivity contribution in [2.45, 2.75) is 38.3 Å². The maximum Gasteiger partial charge on any atom is 0.293 e. The summed E-state index contributed by atoms with van der Waals surface area (Å²) < 4.78 is 4.84. The Balaban J connectivity index is 2.26. The number of carbonyl (C=O) groups excluding carboxylic acids is 1. The summed E-state index contributed by atoms with van der Waals surface area (Å²) in [6.07, 6.45) is 3.62. The zero-order valence-corrected chi connectivity index (χ0v) is 6.88. The second-order valence-electron chi connectivity index (χ2n) is 2.99. The predicted molar refractivity (Wildman–Crippen MR) is 42.3 cm³/mol. The van der Waals surface area contributed by atoms with E-state index in [1.807, 2.05) is 6.92 Å². The maximum atomic E-state index is 10.0. The van der Waals surface area contributed by atoms with E-state index in [1.165, 1.54) is 12.8 Å². The summed E-state index contributed by atoms with van der Waals surface area (Å²) in [7, 11) is 0. The Morgan fingerprint density at radius 2 is 2.45 bits per heavy atom. The molecule has 0 radical (unpaired) electrons. The molecule has 1 aliphatic rings. The number of rotatable bonds is 3. The molecular formula is C8H15NO2. The average Bonchev–Trinajstić information content (AvgIpc) is 2.07. The van der Waals surface area contributed by atoms with Crippen LogP contribution in [0.15, 0.2) is 0 Å². The molecule has 0 aromatic heterocycles. The number of nitrogens with one attached hydrogen (secondary N) is 1. The van der Waals surface area contributed by atoms with Crippen molar-refractivity contribution in [2.75, 3.05) is 6.54 Å². The monoisotopic (exact) mass is 157 g/mol. The Bertz CT molecular complexity index is 121. The molecule has 1 saturated heterocycles. The largest absolute Gasteiger partial charge is 0.463 e. The van der Waals surface area contributed by atoms with E-state index >= 15 is 0 Å². The number of carbonyl (C=O) groups is 1. The lowest BCUT2D eigenvalue weighted by Gasteiger charge is -2.27. The maximum absolute atomic E-state index is 10.0. The van der Waals surface area contributed by atoms with E-state index in [0.29, 0.717) is 12.5 Å². The van der Waals surface area contributed by atoms with Crippen molar-refractivity contribution in [2.24, 2.45) is 0 Å². The molecule has 1 heterocycles. The molecule has 0 aromatic carbocycles. The molecule has 0 saturated carbocycles. The van der Waals surface area contributed by atoms with E-state index in [0.717, 1.165) is 13.0 Å². The molecule has 0 bridgehead atoms. The van der Waals surface area contributed by atoms with Crippen molar-refractivity contribution in [3.8, 4) is 0 Å². The van der Waals surface area contributed by atoms with Crippen LogP contribution in [0.1, 0.15) is 26.2 Å². The quantitative estimate of drug-likeness (QED) is 0.612. The highest BCUT2D eigenvalue weighted by atomic mass is 16.5. The fourth-order valence-electron chi connectivity index (χ4n) is 1.46. The molecule has 0 aromatic rings. The molecule has 64 valence electrons. The molecule has 0 spiro atoms. The second-order valence-corrected chi connectivity index (χ2v) is 2.99. The molecule has 1 N–H and O–H groups in total. The van der Waals surface area contributed by atoms with E-state index in [9.17, 15) is 4.79 Å². The van der Waals surface area contributed by atoms with Gasteiger partial charge in [-0.15, -0.1) is 0 Å². The number of hydrogen-bond donors (Lipinski definition) is 1. The fraction of sp³-hybridized carbons (Fsp3) is 0.875. The van der Waals surface area contributed by atoms with Crippen LogP contribution in [-0.2, 0) is 9.53 Å². The van der Waals surface area contributed by atoms with Crippen LogP contribution in [0.3, 0.4) is 0 Å². The van der Waals surface area contributed by atoms with Crippen molar-refractivity contribution in [1.29, 1.82) is 0 Å². The molecule has 1 aliphatic heterocycles. The van der Waals surface area contributed by atoms with Crippen LogP contribution >= 0.6 is 0 Å². The van der Waals surface area contributed by atoms with Crippen molar-refractivity contribution in [3.63, 3.8) is 0 Å². The highest BCUT2D eigenvalue weighted by molar-refractivity contribution is 5.37. The van der Waals surface area contributed by atoms with Crippen molar-refractivity contribution < 1.29 is 9.53 Å². The molecule has 1 fully saturated rings. The van der Waals surface area contributed by atoms with Crippen molar-refractivity contribution >= 4 is 6.47 Å². The summed E-state index contributed by atoms with van der Waals surface area (Å²) in [5, 5.41) is 3.32. The third-order valence-electron chi connectivity index (χ3n) is 2.19.